The summed E-state index contributed by atoms with van der Waals surface area (Å²) < 4.78 is 11.1. The van der Waals surface area contributed by atoms with E-state index in [1.54, 1.807) is 0 Å². The third-order valence-electron chi connectivity index (χ3n) is 4.68. The molecule has 7 heteroatoms. The number of unbranched alkanes of at least 4 members (excludes halogenated alkanes) is 1. The first kappa shape index (κ1) is 24.7. The molecule has 1 saturated carbocycles. The van der Waals surface area contributed by atoms with Crippen LogP contribution in [0.4, 0.5) is 0 Å². The fraction of sp³-hybridized carbons (Fsp3) is 0.905. The highest BCUT2D eigenvalue weighted by Gasteiger charge is 2.27. The smallest absolute Gasteiger partial charge is 0.223 e. The molecule has 0 saturated heterocycles. The molecule has 164 valence electrons. The van der Waals surface area contributed by atoms with Crippen molar-refractivity contribution in [2.24, 2.45) is 10.9 Å². The molecule has 1 amide bonds. The molecule has 0 aromatic carbocycles. The van der Waals surface area contributed by atoms with E-state index in [-0.39, 0.29) is 23.9 Å². The summed E-state index contributed by atoms with van der Waals surface area (Å²) in [7, 11) is 0. The van der Waals surface area contributed by atoms with Gasteiger partial charge in [0.15, 0.2) is 5.96 Å². The number of carbonyl (C=O) groups is 1. The van der Waals surface area contributed by atoms with Gasteiger partial charge in [-0.15, -0.1) is 0 Å². The van der Waals surface area contributed by atoms with Gasteiger partial charge >= 0.3 is 0 Å². The van der Waals surface area contributed by atoms with Crippen molar-refractivity contribution in [3.05, 3.63) is 0 Å². The monoisotopic (exact) mass is 398 g/mol. The van der Waals surface area contributed by atoms with Crippen molar-refractivity contribution in [1.82, 2.24) is 16.0 Å². The molecule has 1 fully saturated rings. The Labute approximate surface area is 171 Å². The molecular weight excluding hydrogens is 356 g/mol. The van der Waals surface area contributed by atoms with Crippen molar-refractivity contribution < 1.29 is 14.3 Å². The van der Waals surface area contributed by atoms with Crippen molar-refractivity contribution in [1.29, 1.82) is 0 Å². The summed E-state index contributed by atoms with van der Waals surface area (Å²) in [5.74, 6) is 1.07. The van der Waals surface area contributed by atoms with Crippen LogP contribution in [-0.4, -0.2) is 63.5 Å². The Hall–Kier alpha value is -1.34. The Bertz CT molecular complexity index is 443. The number of carbonyl (C=O) groups excluding carboxylic acids is 1. The van der Waals surface area contributed by atoms with Crippen LogP contribution in [0.2, 0.25) is 0 Å². The lowest BCUT2D eigenvalue weighted by molar-refractivity contribution is -0.126. The zero-order valence-corrected chi connectivity index (χ0v) is 18.4. The molecule has 7 nitrogen and oxygen atoms in total. The molecule has 0 aromatic heterocycles. The third-order valence-corrected chi connectivity index (χ3v) is 4.68. The molecule has 1 aliphatic carbocycles. The molecule has 1 aliphatic rings. The second-order valence-corrected chi connectivity index (χ2v) is 7.71. The fourth-order valence-corrected chi connectivity index (χ4v) is 3.27. The maximum absolute atomic E-state index is 12.3. The van der Waals surface area contributed by atoms with Crippen LogP contribution in [0.5, 0.6) is 0 Å². The number of amides is 1. The quantitative estimate of drug-likeness (QED) is 0.252. The molecule has 0 bridgehead atoms. The molecule has 2 atom stereocenters. The molecule has 0 spiro atoms. The van der Waals surface area contributed by atoms with Crippen molar-refractivity contribution in [2.45, 2.75) is 78.3 Å². The summed E-state index contributed by atoms with van der Waals surface area (Å²) >= 11 is 0. The van der Waals surface area contributed by atoms with E-state index < -0.39 is 0 Å². The van der Waals surface area contributed by atoms with E-state index in [4.69, 9.17) is 9.47 Å². The van der Waals surface area contributed by atoms with E-state index in [1.165, 1.54) is 0 Å². The maximum atomic E-state index is 12.3. The summed E-state index contributed by atoms with van der Waals surface area (Å²) in [6, 6.07) is 0.471. The van der Waals surface area contributed by atoms with Gasteiger partial charge in [0, 0.05) is 31.2 Å². The molecule has 3 N–H and O–H groups in total. The lowest BCUT2D eigenvalue weighted by Crippen LogP contribution is -2.47. The second kappa shape index (κ2) is 15.6. The molecule has 1 rings (SSSR count). The molecular formula is C21H42N4O3. The molecule has 0 heterocycles. The van der Waals surface area contributed by atoms with Gasteiger partial charge in [0.25, 0.3) is 0 Å². The second-order valence-electron chi connectivity index (χ2n) is 7.71. The van der Waals surface area contributed by atoms with Crippen LogP contribution < -0.4 is 16.0 Å². The Morgan fingerprint density at radius 2 is 1.86 bits per heavy atom. The minimum Gasteiger partial charge on any atom is -0.379 e. The van der Waals surface area contributed by atoms with Gasteiger partial charge in [0.05, 0.1) is 26.4 Å². The van der Waals surface area contributed by atoms with Crippen molar-refractivity contribution in [2.75, 3.05) is 39.5 Å². The standard InChI is InChI=1S/C21H42N4O3/c1-5-7-12-27-14-15-28-13-11-23-21(22-6-2)25-19-10-8-9-18(16-19)20(26)24-17(3)4/h17-19H,5-16H2,1-4H3,(H,24,26)(H2,22,23,25). The van der Waals surface area contributed by atoms with E-state index in [1.807, 2.05) is 13.8 Å². The number of nitrogens with one attached hydrogen (secondary N) is 3. The van der Waals surface area contributed by atoms with Gasteiger partial charge in [0.2, 0.25) is 5.91 Å². The van der Waals surface area contributed by atoms with Crippen LogP contribution in [0.25, 0.3) is 0 Å². The summed E-state index contributed by atoms with van der Waals surface area (Å²) in [6.07, 6.45) is 6.21. The largest absolute Gasteiger partial charge is 0.379 e. The predicted molar refractivity (Wildman–Crippen MR) is 115 cm³/mol. The first-order valence-corrected chi connectivity index (χ1v) is 11.1. The summed E-state index contributed by atoms with van der Waals surface area (Å²) in [5.41, 5.74) is 0. The lowest BCUT2D eigenvalue weighted by Gasteiger charge is -2.30. The summed E-state index contributed by atoms with van der Waals surface area (Å²) in [5, 5.41) is 9.83. The van der Waals surface area contributed by atoms with E-state index in [0.717, 1.165) is 57.6 Å². The SMILES string of the molecule is CCCCOCCOCCN=C(NCC)NC1CCCC(C(=O)NC(C)C)C1. The highest BCUT2D eigenvalue weighted by Crippen LogP contribution is 2.24. The van der Waals surface area contributed by atoms with E-state index in [9.17, 15) is 4.79 Å². The maximum Gasteiger partial charge on any atom is 0.223 e. The number of rotatable bonds is 13. The van der Waals surface area contributed by atoms with Gasteiger partial charge in [-0.3, -0.25) is 9.79 Å². The molecule has 0 aliphatic heterocycles. The Balaban J connectivity index is 2.32. The van der Waals surface area contributed by atoms with Crippen LogP contribution >= 0.6 is 0 Å². The van der Waals surface area contributed by atoms with Crippen LogP contribution in [0.3, 0.4) is 0 Å². The minimum absolute atomic E-state index is 0.0903. The Morgan fingerprint density at radius 1 is 1.11 bits per heavy atom. The number of hydrogen-bond acceptors (Lipinski definition) is 4. The minimum atomic E-state index is 0.0903. The topological polar surface area (TPSA) is 84.0 Å². The average molecular weight is 399 g/mol. The van der Waals surface area contributed by atoms with Crippen LogP contribution in [0, 0.1) is 5.92 Å². The number of hydrogen-bond donors (Lipinski definition) is 3. The van der Waals surface area contributed by atoms with Crippen molar-refractivity contribution in [3.63, 3.8) is 0 Å². The van der Waals surface area contributed by atoms with Gasteiger partial charge < -0.3 is 25.4 Å². The average Bonchev–Trinajstić information content (AvgIpc) is 2.66. The van der Waals surface area contributed by atoms with E-state index in [0.29, 0.717) is 26.4 Å². The van der Waals surface area contributed by atoms with Gasteiger partial charge in [0.1, 0.15) is 0 Å². The van der Waals surface area contributed by atoms with E-state index >= 15 is 0 Å². The molecule has 2 unspecified atom stereocenters. The number of nitrogens with zero attached hydrogens (tertiary/aromatic N) is 1. The first-order chi connectivity index (χ1) is 13.6. The zero-order valence-electron chi connectivity index (χ0n) is 18.4. The normalized spacial score (nSPS) is 20.2. The van der Waals surface area contributed by atoms with Crippen molar-refractivity contribution in [3.8, 4) is 0 Å². The number of aliphatic imine (C=N–C) groups is 1. The van der Waals surface area contributed by atoms with Crippen molar-refractivity contribution >= 4 is 11.9 Å². The summed E-state index contributed by atoms with van der Waals surface area (Å²) in [4.78, 5) is 16.9. The molecule has 0 radical (unpaired) electrons. The first-order valence-electron chi connectivity index (χ1n) is 11.1. The van der Waals surface area contributed by atoms with Gasteiger partial charge in [-0.1, -0.05) is 19.8 Å². The van der Waals surface area contributed by atoms with Gasteiger partial charge in [-0.05, 0) is 46.5 Å². The number of ether oxygens (including phenoxy) is 2. The predicted octanol–water partition coefficient (Wildman–Crippen LogP) is 2.46. The highest BCUT2D eigenvalue weighted by atomic mass is 16.5. The van der Waals surface area contributed by atoms with Crippen LogP contribution in [-0.2, 0) is 14.3 Å². The van der Waals surface area contributed by atoms with Crippen LogP contribution in [0.15, 0.2) is 4.99 Å². The van der Waals surface area contributed by atoms with Crippen LogP contribution in [0.1, 0.15) is 66.2 Å². The lowest BCUT2D eigenvalue weighted by atomic mass is 9.85. The summed E-state index contributed by atoms with van der Waals surface area (Å²) in [6.45, 7) is 12.3. The van der Waals surface area contributed by atoms with E-state index in [2.05, 4.69) is 34.8 Å². The third kappa shape index (κ3) is 11.5. The van der Waals surface area contributed by atoms with Gasteiger partial charge in [-0.25, -0.2) is 0 Å². The Morgan fingerprint density at radius 3 is 2.54 bits per heavy atom. The molecule has 0 aromatic rings. The Kier molecular flexibility index (Phi) is 13.7. The highest BCUT2D eigenvalue weighted by molar-refractivity contribution is 5.81. The fourth-order valence-electron chi connectivity index (χ4n) is 3.27. The molecule has 28 heavy (non-hydrogen) atoms. The van der Waals surface area contributed by atoms with Gasteiger partial charge in [-0.2, -0.15) is 0 Å². The zero-order chi connectivity index (χ0) is 20.6. The number of guanidine groups is 1.